The Bertz CT molecular complexity index is 739. The largest absolute Gasteiger partial charge is 0.508 e. The summed E-state index contributed by atoms with van der Waals surface area (Å²) in [6, 6.07) is 0. The Morgan fingerprint density at radius 2 is 1.31 bits per heavy atom. The molecule has 200 valence electrons. The summed E-state index contributed by atoms with van der Waals surface area (Å²) in [7, 11) is 3.90. The quantitative estimate of drug-likeness (QED) is 0.223. The van der Waals surface area contributed by atoms with Crippen molar-refractivity contribution in [2.24, 2.45) is 17.8 Å². The normalized spacial score (nSPS) is 19.5. The SMILES string of the molecule is C.COC(=O)C(C(C)=O)[C@@H]1C=CCCC1.COC(=O)C(C)C(C)=O.COC(=O)OC1C=CCCC1. The number of ketones is 2. The van der Waals surface area contributed by atoms with Crippen molar-refractivity contribution in [3.05, 3.63) is 24.3 Å². The lowest BCUT2D eigenvalue weighted by atomic mass is 9.82. The van der Waals surface area contributed by atoms with Gasteiger partial charge in [-0.05, 0) is 71.3 Å². The van der Waals surface area contributed by atoms with Gasteiger partial charge in [0.05, 0.1) is 21.3 Å². The van der Waals surface area contributed by atoms with Crippen LogP contribution >= 0.6 is 0 Å². The van der Waals surface area contributed by atoms with Crippen LogP contribution in [0.4, 0.5) is 4.79 Å². The van der Waals surface area contributed by atoms with Gasteiger partial charge in [-0.15, -0.1) is 0 Å². The van der Waals surface area contributed by atoms with E-state index in [9.17, 15) is 24.0 Å². The van der Waals surface area contributed by atoms with Crippen LogP contribution in [0.5, 0.6) is 0 Å². The van der Waals surface area contributed by atoms with E-state index >= 15 is 0 Å². The van der Waals surface area contributed by atoms with Gasteiger partial charge in [-0.25, -0.2) is 4.79 Å². The van der Waals surface area contributed by atoms with Crippen molar-refractivity contribution in [3.8, 4) is 0 Å². The summed E-state index contributed by atoms with van der Waals surface area (Å²) in [5.74, 6) is -2.33. The molecule has 2 aliphatic rings. The Morgan fingerprint density at radius 3 is 1.66 bits per heavy atom. The van der Waals surface area contributed by atoms with Crippen molar-refractivity contribution in [1.29, 1.82) is 0 Å². The van der Waals surface area contributed by atoms with Crippen molar-refractivity contribution in [2.75, 3.05) is 21.3 Å². The maximum atomic E-state index is 11.4. The van der Waals surface area contributed by atoms with E-state index in [1.807, 2.05) is 24.3 Å². The van der Waals surface area contributed by atoms with E-state index in [2.05, 4.69) is 14.2 Å². The van der Waals surface area contributed by atoms with Crippen molar-refractivity contribution in [3.63, 3.8) is 0 Å². The minimum absolute atomic E-state index is 0. The van der Waals surface area contributed by atoms with Gasteiger partial charge in [0, 0.05) is 0 Å². The molecule has 9 nitrogen and oxygen atoms in total. The topological polar surface area (TPSA) is 122 Å². The molecule has 0 amide bonds. The maximum Gasteiger partial charge on any atom is 0.508 e. The van der Waals surface area contributed by atoms with Crippen molar-refractivity contribution in [2.45, 2.75) is 72.8 Å². The van der Waals surface area contributed by atoms with Crippen LogP contribution in [0.2, 0.25) is 0 Å². The first-order valence-corrected chi connectivity index (χ1v) is 11.3. The highest BCUT2D eigenvalue weighted by atomic mass is 16.7. The Balaban J connectivity index is 0. The highest BCUT2D eigenvalue weighted by Gasteiger charge is 2.32. The molecule has 0 N–H and O–H groups in total. The van der Waals surface area contributed by atoms with Crippen LogP contribution < -0.4 is 0 Å². The smallest absolute Gasteiger partial charge is 0.468 e. The number of rotatable bonds is 6. The molecule has 2 rings (SSSR count). The lowest BCUT2D eigenvalue weighted by molar-refractivity contribution is -0.151. The Kier molecular flexibility index (Phi) is 18.9. The molecule has 0 saturated heterocycles. The summed E-state index contributed by atoms with van der Waals surface area (Å²) < 4.78 is 18.2. The van der Waals surface area contributed by atoms with Gasteiger partial charge in [0.15, 0.2) is 0 Å². The van der Waals surface area contributed by atoms with E-state index in [1.54, 1.807) is 0 Å². The molecular formula is C26H42O9. The van der Waals surface area contributed by atoms with Crippen LogP contribution in [0.1, 0.15) is 66.7 Å². The zero-order valence-electron chi connectivity index (χ0n) is 21.0. The van der Waals surface area contributed by atoms with E-state index in [-0.39, 0.29) is 31.0 Å². The fourth-order valence-electron chi connectivity index (χ4n) is 3.28. The van der Waals surface area contributed by atoms with Gasteiger partial charge in [0.1, 0.15) is 29.5 Å². The first kappa shape index (κ1) is 34.2. The number of allylic oxidation sites excluding steroid dienone is 3. The maximum absolute atomic E-state index is 11.4. The van der Waals surface area contributed by atoms with Gasteiger partial charge in [-0.2, -0.15) is 0 Å². The first-order chi connectivity index (χ1) is 16.1. The number of ether oxygens (including phenoxy) is 4. The second-order valence-corrected chi connectivity index (χ2v) is 7.96. The van der Waals surface area contributed by atoms with Crippen molar-refractivity contribution < 1.29 is 42.9 Å². The average molecular weight is 499 g/mol. The van der Waals surface area contributed by atoms with Crippen LogP contribution in [0.3, 0.4) is 0 Å². The van der Waals surface area contributed by atoms with Crippen molar-refractivity contribution >= 4 is 29.7 Å². The van der Waals surface area contributed by atoms with Gasteiger partial charge >= 0.3 is 18.1 Å². The summed E-state index contributed by atoms with van der Waals surface area (Å²) in [6.07, 6.45) is 13.3. The fourth-order valence-corrected chi connectivity index (χ4v) is 3.28. The van der Waals surface area contributed by atoms with Gasteiger partial charge in [0.2, 0.25) is 0 Å². The third-order valence-corrected chi connectivity index (χ3v) is 5.40. The summed E-state index contributed by atoms with van der Waals surface area (Å²) in [4.78, 5) is 54.2. The summed E-state index contributed by atoms with van der Waals surface area (Å²) in [5, 5.41) is 0. The number of esters is 2. The molecule has 0 aromatic heterocycles. The molecule has 0 aromatic carbocycles. The lowest BCUT2D eigenvalue weighted by Gasteiger charge is -2.22. The first-order valence-electron chi connectivity index (χ1n) is 11.3. The molecule has 9 heteroatoms. The van der Waals surface area contributed by atoms with Crippen LogP contribution in [-0.4, -0.2) is 57.1 Å². The molecule has 0 aliphatic heterocycles. The van der Waals surface area contributed by atoms with Gasteiger partial charge < -0.3 is 18.9 Å². The number of carbonyl (C=O) groups is 5. The number of hydrogen-bond donors (Lipinski definition) is 0. The number of hydrogen-bond acceptors (Lipinski definition) is 9. The molecule has 0 bridgehead atoms. The van der Waals surface area contributed by atoms with E-state index in [1.165, 1.54) is 42.1 Å². The molecule has 0 heterocycles. The van der Waals surface area contributed by atoms with E-state index in [4.69, 9.17) is 4.74 Å². The summed E-state index contributed by atoms with van der Waals surface area (Å²) in [5.41, 5.74) is 0. The number of methoxy groups -OCH3 is 3. The van der Waals surface area contributed by atoms with Crippen LogP contribution in [0.25, 0.3) is 0 Å². The van der Waals surface area contributed by atoms with Crippen LogP contribution in [-0.2, 0) is 38.1 Å². The Labute approximate surface area is 209 Å². The predicted octanol–water partition coefficient (Wildman–Crippen LogP) is 4.62. The third-order valence-electron chi connectivity index (χ3n) is 5.40. The van der Waals surface area contributed by atoms with Gasteiger partial charge in [-0.3, -0.25) is 19.2 Å². The summed E-state index contributed by atoms with van der Waals surface area (Å²) in [6.45, 7) is 4.33. The second-order valence-electron chi connectivity index (χ2n) is 7.96. The zero-order chi connectivity index (χ0) is 26.1. The molecular weight excluding hydrogens is 456 g/mol. The highest BCUT2D eigenvalue weighted by Crippen LogP contribution is 2.26. The van der Waals surface area contributed by atoms with E-state index in [0.29, 0.717) is 0 Å². The predicted molar refractivity (Wildman–Crippen MR) is 132 cm³/mol. The third kappa shape index (κ3) is 14.1. The van der Waals surface area contributed by atoms with E-state index < -0.39 is 29.9 Å². The Morgan fingerprint density at radius 1 is 0.771 bits per heavy atom. The van der Waals surface area contributed by atoms with Crippen LogP contribution in [0.15, 0.2) is 24.3 Å². The molecule has 35 heavy (non-hydrogen) atoms. The minimum Gasteiger partial charge on any atom is -0.468 e. The average Bonchev–Trinajstić information content (AvgIpc) is 2.84. The van der Waals surface area contributed by atoms with E-state index in [0.717, 1.165) is 38.5 Å². The highest BCUT2D eigenvalue weighted by molar-refractivity contribution is 5.98. The monoisotopic (exact) mass is 498 g/mol. The molecule has 0 radical (unpaired) electrons. The Hall–Kier alpha value is -2.97. The standard InChI is InChI=1S/C11H16O3.C8H12O3.C6H10O3.CH4/c1-8(12)10(11(13)14-2)9-6-4-3-5-7-9;1-10-8(9)11-7-5-3-2-4-6-7;1-4(5(2)7)6(8)9-3;/h4,6,9-10H,3,5,7H2,1-2H3;3,5,7H,2,4,6H2,1H3;4H,1-3H3;1H4/t9-,10?;;;/m1.../s1. The van der Waals surface area contributed by atoms with Crippen LogP contribution in [0, 0.1) is 17.8 Å². The lowest BCUT2D eigenvalue weighted by Crippen LogP contribution is -2.30. The molecule has 0 fully saturated rings. The molecule has 2 aliphatic carbocycles. The molecule has 4 atom stereocenters. The fraction of sp³-hybridized carbons (Fsp3) is 0.654. The zero-order valence-corrected chi connectivity index (χ0v) is 21.0. The molecule has 0 aromatic rings. The molecule has 0 spiro atoms. The summed E-state index contributed by atoms with van der Waals surface area (Å²) >= 11 is 0. The van der Waals surface area contributed by atoms with Gasteiger partial charge in [-0.1, -0.05) is 25.7 Å². The molecule has 3 unspecified atom stereocenters. The minimum atomic E-state index is -0.616. The molecule has 0 saturated carbocycles. The van der Waals surface area contributed by atoms with Gasteiger partial charge in [0.25, 0.3) is 0 Å². The number of Topliss-reactive ketones (excluding diaryl/α,β-unsaturated/α-hetero) is 2. The number of carbonyl (C=O) groups excluding carboxylic acids is 5. The van der Waals surface area contributed by atoms with Crippen molar-refractivity contribution in [1.82, 2.24) is 0 Å². The second kappa shape index (κ2) is 19.3.